The molecule has 2 aliphatic rings. The molecule has 2 amide bonds. The number of aliphatic hydroxyl groups is 1. The first kappa shape index (κ1) is 23.6. The maximum Gasteiger partial charge on any atom is 0.408 e. The van der Waals surface area contributed by atoms with Crippen molar-refractivity contribution in [1.29, 1.82) is 0 Å². The van der Waals surface area contributed by atoms with Crippen molar-refractivity contribution in [1.82, 2.24) is 9.80 Å². The number of benzene rings is 2. The van der Waals surface area contributed by atoms with Crippen LogP contribution in [0.1, 0.15) is 70.8 Å². The lowest BCUT2D eigenvalue weighted by Crippen LogP contribution is -2.53. The third-order valence-corrected chi connectivity index (χ3v) is 7.41. The Labute approximate surface area is 196 Å². The van der Waals surface area contributed by atoms with Gasteiger partial charge in [-0.3, -0.25) is 9.69 Å². The van der Waals surface area contributed by atoms with Gasteiger partial charge in [0.15, 0.2) is 0 Å². The summed E-state index contributed by atoms with van der Waals surface area (Å²) in [6.07, 6.45) is 3.74. The van der Waals surface area contributed by atoms with Gasteiger partial charge in [0.25, 0.3) is 0 Å². The van der Waals surface area contributed by atoms with Crippen LogP contribution in [0.2, 0.25) is 0 Å². The first-order valence-electron chi connectivity index (χ1n) is 12.1. The molecule has 0 bridgehead atoms. The molecule has 2 aromatic carbocycles. The molecule has 1 heterocycles. The van der Waals surface area contributed by atoms with E-state index in [1.807, 2.05) is 63.2 Å². The predicted molar refractivity (Wildman–Crippen MR) is 129 cm³/mol. The summed E-state index contributed by atoms with van der Waals surface area (Å²) < 4.78 is 0. The van der Waals surface area contributed by atoms with Crippen LogP contribution in [0.15, 0.2) is 42.5 Å². The molecular formula is C27H36N2O4. The zero-order valence-electron chi connectivity index (χ0n) is 20.0. The maximum atomic E-state index is 14.1. The van der Waals surface area contributed by atoms with Gasteiger partial charge in [0.05, 0.1) is 17.6 Å². The van der Waals surface area contributed by atoms with Gasteiger partial charge in [0, 0.05) is 18.6 Å². The highest BCUT2D eigenvalue weighted by Crippen LogP contribution is 2.43. The summed E-state index contributed by atoms with van der Waals surface area (Å²) in [7, 11) is 0. The number of nitrogens with zero attached hydrogens (tertiary/aromatic N) is 2. The molecule has 0 radical (unpaired) electrons. The summed E-state index contributed by atoms with van der Waals surface area (Å²) in [4.78, 5) is 29.3. The molecule has 1 aliphatic carbocycles. The zero-order chi connectivity index (χ0) is 23.8. The van der Waals surface area contributed by atoms with Gasteiger partial charge in [0.2, 0.25) is 5.91 Å². The lowest BCUT2D eigenvalue weighted by Gasteiger charge is -2.41. The Morgan fingerprint density at radius 3 is 2.39 bits per heavy atom. The molecule has 6 heteroatoms. The zero-order valence-corrected chi connectivity index (χ0v) is 20.0. The van der Waals surface area contributed by atoms with Gasteiger partial charge in [0.1, 0.15) is 0 Å². The topological polar surface area (TPSA) is 81.1 Å². The van der Waals surface area contributed by atoms with Crippen LogP contribution < -0.4 is 0 Å². The van der Waals surface area contributed by atoms with E-state index in [9.17, 15) is 19.8 Å². The minimum Gasteiger partial charge on any atom is -0.465 e. The van der Waals surface area contributed by atoms with E-state index in [1.54, 1.807) is 4.90 Å². The Bertz CT molecular complexity index is 1020. The minimum absolute atomic E-state index is 0.0856. The fourth-order valence-electron chi connectivity index (χ4n) is 5.93. The van der Waals surface area contributed by atoms with Crippen molar-refractivity contribution < 1.29 is 19.8 Å². The summed E-state index contributed by atoms with van der Waals surface area (Å²) in [6.45, 7) is 6.51. The monoisotopic (exact) mass is 452 g/mol. The van der Waals surface area contributed by atoms with E-state index < -0.39 is 23.2 Å². The Morgan fingerprint density at radius 2 is 1.73 bits per heavy atom. The summed E-state index contributed by atoms with van der Waals surface area (Å²) in [6, 6.07) is 13.7. The largest absolute Gasteiger partial charge is 0.465 e. The lowest BCUT2D eigenvalue weighted by atomic mass is 9.71. The number of carbonyl (C=O) groups excluding carboxylic acids is 1. The second-order valence-corrected chi connectivity index (χ2v) is 10.7. The van der Waals surface area contributed by atoms with Gasteiger partial charge in [-0.2, -0.15) is 0 Å². The average molecular weight is 453 g/mol. The lowest BCUT2D eigenvalue weighted by molar-refractivity contribution is -0.140. The van der Waals surface area contributed by atoms with Crippen LogP contribution in [0.25, 0.3) is 10.8 Å². The Balaban J connectivity index is 1.70. The van der Waals surface area contributed by atoms with Crippen molar-refractivity contribution in [2.75, 3.05) is 13.1 Å². The van der Waals surface area contributed by atoms with Gasteiger partial charge in [-0.15, -0.1) is 0 Å². The van der Waals surface area contributed by atoms with Crippen LogP contribution in [0.4, 0.5) is 4.79 Å². The molecule has 1 saturated carbocycles. The minimum atomic E-state index is -1.09. The predicted octanol–water partition coefficient (Wildman–Crippen LogP) is 5.00. The molecular weight excluding hydrogens is 416 g/mol. The fraction of sp³-hybridized carbons (Fsp3) is 0.556. The third kappa shape index (κ3) is 4.58. The smallest absolute Gasteiger partial charge is 0.408 e. The summed E-state index contributed by atoms with van der Waals surface area (Å²) in [5.74, 6) is -0.743. The van der Waals surface area contributed by atoms with Crippen molar-refractivity contribution in [3.05, 3.63) is 48.0 Å². The number of amides is 2. The first-order valence-corrected chi connectivity index (χ1v) is 12.1. The van der Waals surface area contributed by atoms with Gasteiger partial charge in [-0.1, -0.05) is 61.7 Å². The quantitative estimate of drug-likeness (QED) is 0.684. The van der Waals surface area contributed by atoms with Crippen molar-refractivity contribution in [3.8, 4) is 0 Å². The average Bonchev–Trinajstić information content (AvgIpc) is 3.22. The number of likely N-dealkylation sites (tertiary alicyclic amines) is 1. The molecule has 1 unspecified atom stereocenters. The van der Waals surface area contributed by atoms with E-state index >= 15 is 0 Å². The molecule has 2 fully saturated rings. The first-order chi connectivity index (χ1) is 15.6. The van der Waals surface area contributed by atoms with Crippen LogP contribution >= 0.6 is 0 Å². The number of fused-ring (bicyclic) bond motifs is 1. The molecule has 2 N–H and O–H groups in total. The number of rotatable bonds is 4. The molecule has 2 atom stereocenters. The van der Waals surface area contributed by atoms with E-state index in [0.717, 1.165) is 35.6 Å². The van der Waals surface area contributed by atoms with Gasteiger partial charge in [-0.05, 0) is 56.4 Å². The highest BCUT2D eigenvalue weighted by Gasteiger charge is 2.47. The molecule has 178 valence electrons. The second kappa shape index (κ2) is 8.98. The molecule has 1 aliphatic heterocycles. The normalized spacial score (nSPS) is 21.7. The van der Waals surface area contributed by atoms with Gasteiger partial charge >= 0.3 is 6.09 Å². The summed E-state index contributed by atoms with van der Waals surface area (Å²) in [5, 5.41) is 23.7. The van der Waals surface area contributed by atoms with Crippen molar-refractivity contribution >= 4 is 22.8 Å². The van der Waals surface area contributed by atoms with Crippen LogP contribution in [0.5, 0.6) is 0 Å². The Hall–Kier alpha value is -2.60. The highest BCUT2D eigenvalue weighted by atomic mass is 16.4. The van der Waals surface area contributed by atoms with Crippen LogP contribution in [0.3, 0.4) is 0 Å². The third-order valence-electron chi connectivity index (χ3n) is 7.41. The number of carbonyl (C=O) groups is 2. The van der Waals surface area contributed by atoms with E-state index in [1.165, 1.54) is 4.90 Å². The van der Waals surface area contributed by atoms with E-state index in [0.29, 0.717) is 32.4 Å². The Morgan fingerprint density at radius 1 is 1.06 bits per heavy atom. The SMILES string of the molecule is CC(C)(C)N(C(=O)O)[C@H]1CCN(C(=O)C(c2cccc3ccccc23)C2(O)CCCCC2)C1. The van der Waals surface area contributed by atoms with E-state index in [4.69, 9.17) is 0 Å². The summed E-state index contributed by atoms with van der Waals surface area (Å²) in [5.41, 5.74) is -0.767. The van der Waals surface area contributed by atoms with Crippen molar-refractivity contribution in [2.24, 2.45) is 0 Å². The molecule has 1 saturated heterocycles. The van der Waals surface area contributed by atoms with E-state index in [-0.39, 0.29) is 11.9 Å². The maximum absolute atomic E-state index is 14.1. The molecule has 33 heavy (non-hydrogen) atoms. The van der Waals surface area contributed by atoms with Crippen LogP contribution in [-0.2, 0) is 4.79 Å². The molecule has 6 nitrogen and oxygen atoms in total. The highest BCUT2D eigenvalue weighted by molar-refractivity contribution is 5.94. The van der Waals surface area contributed by atoms with E-state index in [2.05, 4.69) is 0 Å². The number of hydrogen-bond donors (Lipinski definition) is 2. The number of carboxylic acid groups (broad SMARTS) is 1. The Kier molecular flexibility index (Phi) is 6.41. The van der Waals surface area contributed by atoms with Crippen molar-refractivity contribution in [3.63, 3.8) is 0 Å². The van der Waals surface area contributed by atoms with Gasteiger partial charge in [-0.25, -0.2) is 4.79 Å². The molecule has 0 aromatic heterocycles. The van der Waals surface area contributed by atoms with Crippen molar-refractivity contribution in [2.45, 2.75) is 82.4 Å². The van der Waals surface area contributed by atoms with Crippen LogP contribution in [-0.4, -0.2) is 62.3 Å². The van der Waals surface area contributed by atoms with Crippen LogP contribution in [0, 0.1) is 0 Å². The fourth-order valence-corrected chi connectivity index (χ4v) is 5.93. The number of hydrogen-bond acceptors (Lipinski definition) is 3. The van der Waals surface area contributed by atoms with Gasteiger partial charge < -0.3 is 15.1 Å². The summed E-state index contributed by atoms with van der Waals surface area (Å²) >= 11 is 0. The molecule has 2 aromatic rings. The standard InChI is InChI=1S/C27H36N2O4/c1-26(2,3)29(25(31)32)20-14-17-28(18-20)24(30)23(27(33)15-7-4-8-16-27)22-13-9-11-19-10-5-6-12-21(19)22/h5-6,9-13,20,23,33H,4,7-8,14-18H2,1-3H3,(H,31,32)/t20-,23?/m0/s1. The second-order valence-electron chi connectivity index (χ2n) is 10.7. The molecule has 4 rings (SSSR count). The molecule has 0 spiro atoms.